The van der Waals surface area contributed by atoms with Crippen LogP contribution in [0.5, 0.6) is 5.75 Å². The van der Waals surface area contributed by atoms with E-state index in [1.165, 1.54) is 23.9 Å². The molecular weight excluding hydrogens is 343 g/mol. The van der Waals surface area contributed by atoms with E-state index in [1.54, 1.807) is 0 Å². The highest BCUT2D eigenvalue weighted by atomic mass is 32.2. The Balaban J connectivity index is 1.59. The SMILES string of the molecule is Nc1nc(SCc2cc(F)cc3c2O[C@@H](c2ccccc2)OC3)n[nH]1. The normalized spacial score (nSPS) is 16.3. The van der Waals surface area contributed by atoms with Crippen LogP contribution >= 0.6 is 11.8 Å². The summed E-state index contributed by atoms with van der Waals surface area (Å²) in [5, 5.41) is 7.05. The highest BCUT2D eigenvalue weighted by Gasteiger charge is 2.25. The van der Waals surface area contributed by atoms with Crippen molar-refractivity contribution in [1.82, 2.24) is 15.2 Å². The van der Waals surface area contributed by atoms with Crippen molar-refractivity contribution in [2.75, 3.05) is 5.73 Å². The number of nitrogen functional groups attached to an aromatic ring is 1. The molecule has 1 aliphatic heterocycles. The number of aromatic amines is 1. The Labute approximate surface area is 147 Å². The molecule has 0 bridgehead atoms. The van der Waals surface area contributed by atoms with Gasteiger partial charge in [-0.25, -0.2) is 9.49 Å². The number of fused-ring (bicyclic) bond motifs is 1. The number of ether oxygens (including phenoxy) is 2. The highest BCUT2D eigenvalue weighted by Crippen LogP contribution is 2.38. The molecule has 2 aromatic carbocycles. The van der Waals surface area contributed by atoms with Gasteiger partial charge in [-0.1, -0.05) is 42.1 Å². The number of hydrogen-bond acceptors (Lipinski definition) is 6. The number of nitrogens with one attached hydrogen (secondary N) is 1. The van der Waals surface area contributed by atoms with E-state index in [0.717, 1.165) is 11.1 Å². The van der Waals surface area contributed by atoms with Crippen LogP contribution in [0.3, 0.4) is 0 Å². The van der Waals surface area contributed by atoms with Crippen LogP contribution in [0.2, 0.25) is 0 Å². The number of H-pyrrole nitrogens is 1. The number of aromatic nitrogens is 3. The van der Waals surface area contributed by atoms with Crippen molar-refractivity contribution in [3.63, 3.8) is 0 Å². The third-order valence-electron chi connectivity index (χ3n) is 3.73. The highest BCUT2D eigenvalue weighted by molar-refractivity contribution is 7.98. The fourth-order valence-electron chi connectivity index (χ4n) is 2.62. The van der Waals surface area contributed by atoms with E-state index in [0.29, 0.717) is 22.2 Å². The third kappa shape index (κ3) is 3.45. The molecule has 0 amide bonds. The monoisotopic (exact) mass is 358 g/mol. The number of anilines is 1. The lowest BCUT2D eigenvalue weighted by Gasteiger charge is -2.28. The van der Waals surface area contributed by atoms with Crippen molar-refractivity contribution in [3.8, 4) is 5.75 Å². The Morgan fingerprint density at radius 3 is 2.88 bits per heavy atom. The zero-order valence-electron chi connectivity index (χ0n) is 13.1. The van der Waals surface area contributed by atoms with E-state index < -0.39 is 6.29 Å². The molecule has 0 unspecified atom stereocenters. The number of hydrogen-bond donors (Lipinski definition) is 2. The van der Waals surface area contributed by atoms with Crippen LogP contribution in [0, 0.1) is 5.82 Å². The molecule has 3 aromatic rings. The van der Waals surface area contributed by atoms with Gasteiger partial charge in [-0.15, -0.1) is 5.10 Å². The molecule has 0 fully saturated rings. The van der Waals surface area contributed by atoms with Crippen molar-refractivity contribution in [2.45, 2.75) is 23.8 Å². The molecule has 8 heteroatoms. The first-order chi connectivity index (χ1) is 12.2. The largest absolute Gasteiger partial charge is 0.460 e. The molecule has 6 nitrogen and oxygen atoms in total. The molecule has 0 aliphatic carbocycles. The molecule has 1 aliphatic rings. The smallest absolute Gasteiger partial charge is 0.227 e. The fraction of sp³-hybridized carbons (Fsp3) is 0.176. The first-order valence-electron chi connectivity index (χ1n) is 7.64. The van der Waals surface area contributed by atoms with Crippen LogP contribution in [0.25, 0.3) is 0 Å². The average molecular weight is 358 g/mol. The second-order valence-electron chi connectivity index (χ2n) is 5.52. The molecule has 3 N–H and O–H groups in total. The molecule has 25 heavy (non-hydrogen) atoms. The molecule has 0 saturated heterocycles. The third-order valence-corrected chi connectivity index (χ3v) is 4.63. The van der Waals surface area contributed by atoms with Crippen LogP contribution in [0.1, 0.15) is 23.0 Å². The van der Waals surface area contributed by atoms with Crippen LogP contribution < -0.4 is 10.5 Å². The van der Waals surface area contributed by atoms with Crippen molar-refractivity contribution < 1.29 is 13.9 Å². The summed E-state index contributed by atoms with van der Waals surface area (Å²) >= 11 is 1.35. The molecule has 0 spiro atoms. The summed E-state index contributed by atoms with van der Waals surface area (Å²) in [5.74, 6) is 1.03. The summed E-state index contributed by atoms with van der Waals surface area (Å²) in [6.45, 7) is 0.290. The molecule has 2 heterocycles. The zero-order valence-corrected chi connectivity index (χ0v) is 13.9. The molecule has 0 radical (unpaired) electrons. The van der Waals surface area contributed by atoms with Gasteiger partial charge in [-0.3, -0.25) is 0 Å². The quantitative estimate of drug-likeness (QED) is 0.695. The summed E-state index contributed by atoms with van der Waals surface area (Å²) < 4.78 is 25.7. The Morgan fingerprint density at radius 2 is 2.12 bits per heavy atom. The minimum Gasteiger partial charge on any atom is -0.460 e. The number of halogens is 1. The molecule has 1 aromatic heterocycles. The molecule has 1 atom stereocenters. The summed E-state index contributed by atoms with van der Waals surface area (Å²) in [6.07, 6.45) is -0.512. The summed E-state index contributed by atoms with van der Waals surface area (Å²) in [6, 6.07) is 12.6. The topological polar surface area (TPSA) is 86.1 Å². The predicted molar refractivity (Wildman–Crippen MR) is 91.4 cm³/mol. The van der Waals surface area contributed by atoms with Gasteiger partial charge in [-0.2, -0.15) is 4.98 Å². The van der Waals surface area contributed by atoms with E-state index in [4.69, 9.17) is 15.2 Å². The summed E-state index contributed by atoms with van der Waals surface area (Å²) in [5.41, 5.74) is 7.86. The van der Waals surface area contributed by atoms with Gasteiger partial charge in [0, 0.05) is 22.4 Å². The molecular formula is C17H15FN4O2S. The van der Waals surface area contributed by atoms with Crippen LogP contribution in [0.15, 0.2) is 47.6 Å². The van der Waals surface area contributed by atoms with E-state index in [1.807, 2.05) is 30.3 Å². The minimum atomic E-state index is -0.512. The van der Waals surface area contributed by atoms with Gasteiger partial charge in [0.1, 0.15) is 11.6 Å². The second-order valence-corrected chi connectivity index (χ2v) is 6.46. The average Bonchev–Trinajstić information content (AvgIpc) is 3.05. The lowest BCUT2D eigenvalue weighted by molar-refractivity contribution is -0.112. The Kier molecular flexibility index (Phi) is 4.29. The maximum absolute atomic E-state index is 13.9. The van der Waals surface area contributed by atoms with Crippen LogP contribution in [-0.4, -0.2) is 15.2 Å². The maximum atomic E-state index is 13.9. The first-order valence-corrected chi connectivity index (χ1v) is 8.63. The van der Waals surface area contributed by atoms with E-state index in [9.17, 15) is 4.39 Å². The van der Waals surface area contributed by atoms with Gasteiger partial charge in [0.25, 0.3) is 0 Å². The standard InChI is InChI=1S/C17H15FN4O2S/c18-13-6-11-8-23-15(10-4-2-1-3-5-10)24-14(11)12(7-13)9-25-17-20-16(19)21-22-17/h1-7,15H,8-9H2,(H3,19,20,21,22)/t15-/m0/s1. The van der Waals surface area contributed by atoms with Crippen molar-refractivity contribution in [1.29, 1.82) is 0 Å². The van der Waals surface area contributed by atoms with Crippen molar-refractivity contribution >= 4 is 17.7 Å². The number of benzene rings is 2. The van der Waals surface area contributed by atoms with Crippen LogP contribution in [-0.2, 0) is 17.1 Å². The lowest BCUT2D eigenvalue weighted by atomic mass is 10.1. The number of thioether (sulfide) groups is 1. The summed E-state index contributed by atoms with van der Waals surface area (Å²) in [7, 11) is 0. The number of nitrogens with zero attached hydrogens (tertiary/aromatic N) is 2. The molecule has 0 saturated carbocycles. The molecule has 4 rings (SSSR count). The van der Waals surface area contributed by atoms with E-state index >= 15 is 0 Å². The summed E-state index contributed by atoms with van der Waals surface area (Å²) in [4.78, 5) is 4.04. The Morgan fingerprint density at radius 1 is 1.28 bits per heavy atom. The van der Waals surface area contributed by atoms with E-state index in [-0.39, 0.29) is 18.4 Å². The molecule has 128 valence electrons. The van der Waals surface area contributed by atoms with Gasteiger partial charge in [0.15, 0.2) is 0 Å². The minimum absolute atomic E-state index is 0.248. The Bertz CT molecular complexity index is 888. The Hall–Kier alpha value is -2.58. The van der Waals surface area contributed by atoms with Gasteiger partial charge >= 0.3 is 0 Å². The van der Waals surface area contributed by atoms with Crippen molar-refractivity contribution in [2.24, 2.45) is 0 Å². The van der Waals surface area contributed by atoms with Gasteiger partial charge in [-0.05, 0) is 12.1 Å². The van der Waals surface area contributed by atoms with E-state index in [2.05, 4.69) is 15.2 Å². The predicted octanol–water partition coefficient (Wildman–Crippen LogP) is 3.43. The van der Waals surface area contributed by atoms with Gasteiger partial charge in [0.05, 0.1) is 6.61 Å². The lowest BCUT2D eigenvalue weighted by Crippen LogP contribution is -2.19. The van der Waals surface area contributed by atoms with Gasteiger partial charge < -0.3 is 15.2 Å². The number of nitrogens with two attached hydrogens (primary N) is 1. The second kappa shape index (κ2) is 6.73. The first kappa shape index (κ1) is 15.9. The maximum Gasteiger partial charge on any atom is 0.227 e. The van der Waals surface area contributed by atoms with Crippen LogP contribution in [0.4, 0.5) is 10.3 Å². The number of rotatable bonds is 4. The zero-order chi connectivity index (χ0) is 17.2. The van der Waals surface area contributed by atoms with Crippen molar-refractivity contribution in [3.05, 3.63) is 65.0 Å². The van der Waals surface area contributed by atoms with Gasteiger partial charge in [0.2, 0.25) is 17.4 Å². The fourth-order valence-corrected chi connectivity index (χ4v) is 3.40.